The van der Waals surface area contributed by atoms with E-state index in [1.807, 2.05) is 0 Å². The number of hydrogen-bond donors (Lipinski definition) is 2. The summed E-state index contributed by atoms with van der Waals surface area (Å²) in [6, 6.07) is 0.798. The topological polar surface area (TPSA) is 77.8 Å². The fraction of sp³-hybridized carbons (Fsp3) is 0.400. The van der Waals surface area contributed by atoms with Gasteiger partial charge in [-0.05, 0) is 28.7 Å². The minimum Gasteiger partial charge on any atom is -0.480 e. The summed E-state index contributed by atoms with van der Waals surface area (Å²) in [5.74, 6) is -1.40. The normalized spacial score (nSPS) is 24.0. The first-order chi connectivity index (χ1) is 7.99. The van der Waals surface area contributed by atoms with Crippen molar-refractivity contribution in [1.82, 2.24) is 4.90 Å². The molecule has 0 radical (unpaired) electrons. The molecule has 0 spiro atoms. The number of carbonyl (C=O) groups excluding carboxylic acids is 1. The largest absolute Gasteiger partial charge is 0.480 e. The van der Waals surface area contributed by atoms with Crippen LogP contribution in [0, 0.1) is 2.88 Å². The maximum absolute atomic E-state index is 12.1. The standard InChI is InChI=1S/C10H10INO4S/c11-8-1-5(4-17-8)9(14)12-3-6(13)2-7(12)10(15)16/h1,4,6-7,13H,2-3H2,(H,15,16)/t6?,7-/m0/s1. The number of thiophene rings is 1. The molecule has 0 saturated carbocycles. The van der Waals surface area contributed by atoms with E-state index < -0.39 is 18.1 Å². The van der Waals surface area contributed by atoms with Gasteiger partial charge in [0.05, 0.1) is 14.6 Å². The molecule has 0 aromatic carbocycles. The first kappa shape index (κ1) is 12.8. The third-order valence-corrected chi connectivity index (χ3v) is 4.43. The minimum absolute atomic E-state index is 0.0855. The predicted molar refractivity (Wildman–Crippen MR) is 70.1 cm³/mol. The molecule has 1 unspecified atom stereocenters. The van der Waals surface area contributed by atoms with E-state index in [2.05, 4.69) is 22.6 Å². The molecule has 92 valence electrons. The molecule has 7 heteroatoms. The Labute approximate surface area is 115 Å². The molecular weight excluding hydrogens is 357 g/mol. The molecular formula is C10H10INO4S. The highest BCUT2D eigenvalue weighted by molar-refractivity contribution is 14.1. The summed E-state index contributed by atoms with van der Waals surface area (Å²) in [5, 5.41) is 20.2. The molecule has 2 N–H and O–H groups in total. The maximum atomic E-state index is 12.1. The van der Waals surface area contributed by atoms with Crippen molar-refractivity contribution in [3.63, 3.8) is 0 Å². The van der Waals surface area contributed by atoms with Crippen LogP contribution in [0.4, 0.5) is 0 Å². The highest BCUT2D eigenvalue weighted by Gasteiger charge is 2.39. The number of hydrogen-bond acceptors (Lipinski definition) is 4. The number of carboxylic acids is 1. The van der Waals surface area contributed by atoms with Gasteiger partial charge in [-0.25, -0.2) is 4.79 Å². The molecule has 1 aromatic rings. The van der Waals surface area contributed by atoms with Crippen molar-refractivity contribution in [1.29, 1.82) is 0 Å². The Hall–Kier alpha value is -0.670. The van der Waals surface area contributed by atoms with E-state index in [1.54, 1.807) is 11.4 Å². The Kier molecular flexibility index (Phi) is 3.69. The fourth-order valence-corrected chi connectivity index (χ4v) is 3.18. The van der Waals surface area contributed by atoms with Crippen LogP contribution < -0.4 is 0 Å². The van der Waals surface area contributed by atoms with Gasteiger partial charge in [0, 0.05) is 18.3 Å². The van der Waals surface area contributed by atoms with E-state index in [0.717, 1.165) is 2.88 Å². The summed E-state index contributed by atoms with van der Waals surface area (Å²) >= 11 is 3.53. The van der Waals surface area contributed by atoms with Crippen molar-refractivity contribution in [2.24, 2.45) is 0 Å². The molecule has 0 bridgehead atoms. The Morgan fingerprint density at radius 3 is 2.76 bits per heavy atom. The summed E-state index contributed by atoms with van der Waals surface area (Å²) in [7, 11) is 0. The number of nitrogens with zero attached hydrogens (tertiary/aromatic N) is 1. The average Bonchev–Trinajstić information content (AvgIpc) is 2.83. The summed E-state index contributed by atoms with van der Waals surface area (Å²) in [4.78, 5) is 24.3. The number of carboxylic acid groups (broad SMARTS) is 1. The molecule has 1 saturated heterocycles. The number of β-amino-alcohol motifs (C(OH)–C–C–N with tert-alkyl or cyclic N) is 1. The lowest BCUT2D eigenvalue weighted by atomic mass is 10.2. The quantitative estimate of drug-likeness (QED) is 0.765. The number of aliphatic carboxylic acids is 1. The predicted octanol–water partition coefficient (Wildman–Crippen LogP) is 1.01. The zero-order valence-electron chi connectivity index (χ0n) is 8.67. The van der Waals surface area contributed by atoms with Gasteiger partial charge in [0.25, 0.3) is 5.91 Å². The van der Waals surface area contributed by atoms with Crippen LogP contribution >= 0.6 is 33.9 Å². The first-order valence-electron chi connectivity index (χ1n) is 4.95. The molecule has 2 rings (SSSR count). The second-order valence-corrected chi connectivity index (χ2v) is 6.65. The van der Waals surface area contributed by atoms with Gasteiger partial charge < -0.3 is 15.1 Å². The van der Waals surface area contributed by atoms with Crippen molar-refractivity contribution < 1.29 is 19.8 Å². The van der Waals surface area contributed by atoms with Crippen LogP contribution in [0.25, 0.3) is 0 Å². The van der Waals surface area contributed by atoms with Gasteiger partial charge in [-0.15, -0.1) is 11.3 Å². The van der Waals surface area contributed by atoms with Gasteiger partial charge >= 0.3 is 5.97 Å². The second-order valence-electron chi connectivity index (χ2n) is 3.84. The number of amides is 1. The van der Waals surface area contributed by atoms with Crippen molar-refractivity contribution in [3.05, 3.63) is 19.9 Å². The highest BCUT2D eigenvalue weighted by Crippen LogP contribution is 2.24. The Balaban J connectivity index is 2.21. The Morgan fingerprint density at radius 2 is 2.24 bits per heavy atom. The number of likely N-dealkylation sites (tertiary alicyclic amines) is 1. The molecule has 2 atom stereocenters. The lowest BCUT2D eigenvalue weighted by Crippen LogP contribution is -2.40. The number of aliphatic hydroxyl groups is 1. The SMILES string of the molecule is O=C(O)[C@@H]1CC(O)CN1C(=O)c1csc(I)c1. The first-order valence-corrected chi connectivity index (χ1v) is 6.90. The Bertz CT molecular complexity index is 461. The van der Waals surface area contributed by atoms with Crippen LogP contribution in [0.2, 0.25) is 0 Å². The number of rotatable bonds is 2. The van der Waals surface area contributed by atoms with Crippen molar-refractivity contribution in [2.75, 3.05) is 6.54 Å². The molecule has 0 aliphatic carbocycles. The van der Waals surface area contributed by atoms with Crippen LogP contribution in [0.15, 0.2) is 11.4 Å². The molecule has 2 heterocycles. The molecule has 1 aliphatic heterocycles. The van der Waals surface area contributed by atoms with Crippen molar-refractivity contribution >= 4 is 45.8 Å². The van der Waals surface area contributed by atoms with Gasteiger partial charge in [-0.3, -0.25) is 4.79 Å². The maximum Gasteiger partial charge on any atom is 0.326 e. The smallest absolute Gasteiger partial charge is 0.326 e. The summed E-state index contributed by atoms with van der Waals surface area (Å²) in [6.07, 6.45) is -0.653. The van der Waals surface area contributed by atoms with Gasteiger partial charge in [0.2, 0.25) is 0 Å². The zero-order valence-corrected chi connectivity index (χ0v) is 11.6. The van der Waals surface area contributed by atoms with E-state index in [-0.39, 0.29) is 18.9 Å². The van der Waals surface area contributed by atoms with Crippen molar-refractivity contribution in [3.8, 4) is 0 Å². The molecule has 1 fully saturated rings. The molecule has 1 aromatic heterocycles. The van der Waals surface area contributed by atoms with Crippen LogP contribution in [0.1, 0.15) is 16.8 Å². The van der Waals surface area contributed by atoms with Crippen molar-refractivity contribution in [2.45, 2.75) is 18.6 Å². The van der Waals surface area contributed by atoms with Gasteiger partial charge in [0.15, 0.2) is 0 Å². The third kappa shape index (κ3) is 2.61. The van der Waals surface area contributed by atoms with Crippen LogP contribution in [0.5, 0.6) is 0 Å². The highest BCUT2D eigenvalue weighted by atomic mass is 127. The van der Waals surface area contributed by atoms with Crippen LogP contribution in [-0.2, 0) is 4.79 Å². The van der Waals surface area contributed by atoms with Gasteiger partial charge in [0.1, 0.15) is 6.04 Å². The van der Waals surface area contributed by atoms with Crippen LogP contribution in [0.3, 0.4) is 0 Å². The molecule has 1 aliphatic rings. The monoisotopic (exact) mass is 367 g/mol. The van der Waals surface area contributed by atoms with Gasteiger partial charge in [-0.2, -0.15) is 0 Å². The zero-order chi connectivity index (χ0) is 12.6. The molecule has 1 amide bonds. The fourth-order valence-electron chi connectivity index (χ4n) is 1.86. The van der Waals surface area contributed by atoms with E-state index in [0.29, 0.717) is 5.56 Å². The minimum atomic E-state index is -1.07. The van der Waals surface area contributed by atoms with E-state index in [9.17, 15) is 14.7 Å². The molecule has 5 nitrogen and oxygen atoms in total. The van der Waals surface area contributed by atoms with E-state index in [1.165, 1.54) is 16.2 Å². The lowest BCUT2D eigenvalue weighted by Gasteiger charge is -2.20. The van der Waals surface area contributed by atoms with Crippen LogP contribution in [-0.4, -0.2) is 45.7 Å². The van der Waals surface area contributed by atoms with E-state index >= 15 is 0 Å². The number of halogens is 1. The Morgan fingerprint density at radius 1 is 1.53 bits per heavy atom. The molecule has 17 heavy (non-hydrogen) atoms. The number of aliphatic hydroxyl groups excluding tert-OH is 1. The average molecular weight is 367 g/mol. The summed E-state index contributed by atoms with van der Waals surface area (Å²) in [5.41, 5.74) is 0.486. The second kappa shape index (κ2) is 4.91. The number of carbonyl (C=O) groups is 2. The third-order valence-electron chi connectivity index (χ3n) is 2.64. The summed E-state index contributed by atoms with van der Waals surface area (Å²) < 4.78 is 0.970. The van der Waals surface area contributed by atoms with Gasteiger partial charge in [-0.1, -0.05) is 0 Å². The van der Waals surface area contributed by atoms with E-state index in [4.69, 9.17) is 5.11 Å². The lowest BCUT2D eigenvalue weighted by molar-refractivity contribution is -0.141. The summed E-state index contributed by atoms with van der Waals surface area (Å²) in [6.45, 7) is 0.0855.